The Morgan fingerprint density at radius 1 is 0.897 bits per heavy atom. The number of fused-ring (bicyclic) bond motifs is 1. The molecule has 29 heavy (non-hydrogen) atoms. The fourth-order valence-electron chi connectivity index (χ4n) is 3.33. The number of benzene rings is 3. The Kier molecular flexibility index (Phi) is 4.47. The number of aryl methyl sites for hydroxylation is 2. The normalized spacial score (nSPS) is 12.9. The second-order valence-corrected chi connectivity index (χ2v) is 6.96. The van der Waals surface area contributed by atoms with Crippen molar-refractivity contribution in [2.24, 2.45) is 0 Å². The van der Waals surface area contributed by atoms with E-state index in [0.717, 1.165) is 16.0 Å². The van der Waals surface area contributed by atoms with Crippen molar-refractivity contribution >= 4 is 29.1 Å². The number of imide groups is 1. The molecule has 0 fully saturated rings. The highest BCUT2D eigenvalue weighted by atomic mass is 19.1. The van der Waals surface area contributed by atoms with Gasteiger partial charge in [-0.2, -0.15) is 0 Å². The van der Waals surface area contributed by atoms with Gasteiger partial charge in [0, 0.05) is 11.3 Å². The number of amides is 3. The summed E-state index contributed by atoms with van der Waals surface area (Å²) in [5.41, 5.74) is 3.18. The molecule has 0 radical (unpaired) electrons. The van der Waals surface area contributed by atoms with Crippen LogP contribution in [0.3, 0.4) is 0 Å². The topological polar surface area (TPSA) is 66.5 Å². The van der Waals surface area contributed by atoms with Gasteiger partial charge in [0.1, 0.15) is 5.82 Å². The van der Waals surface area contributed by atoms with E-state index in [0.29, 0.717) is 11.4 Å². The van der Waals surface area contributed by atoms with Gasteiger partial charge in [-0.1, -0.05) is 18.2 Å². The van der Waals surface area contributed by atoms with E-state index in [2.05, 4.69) is 5.32 Å². The zero-order valence-electron chi connectivity index (χ0n) is 15.8. The van der Waals surface area contributed by atoms with Crippen molar-refractivity contribution in [3.05, 3.63) is 94.3 Å². The predicted molar refractivity (Wildman–Crippen MR) is 108 cm³/mol. The number of carbonyl (C=O) groups excluding carboxylic acids is 3. The minimum Gasteiger partial charge on any atom is -0.322 e. The Bertz CT molecular complexity index is 1190. The number of nitrogens with zero attached hydrogens (tertiary/aromatic N) is 1. The molecule has 0 unspecified atom stereocenters. The van der Waals surface area contributed by atoms with Crippen molar-refractivity contribution < 1.29 is 18.8 Å². The molecule has 1 N–H and O–H groups in total. The Morgan fingerprint density at radius 2 is 1.66 bits per heavy atom. The monoisotopic (exact) mass is 388 g/mol. The van der Waals surface area contributed by atoms with Crippen LogP contribution in [0, 0.1) is 19.7 Å². The Balaban J connectivity index is 1.66. The molecule has 0 saturated carbocycles. The predicted octanol–water partition coefficient (Wildman–Crippen LogP) is 4.50. The summed E-state index contributed by atoms with van der Waals surface area (Å²) in [4.78, 5) is 39.5. The van der Waals surface area contributed by atoms with Gasteiger partial charge in [0.2, 0.25) is 0 Å². The summed E-state index contributed by atoms with van der Waals surface area (Å²) in [6.45, 7) is 3.71. The first-order valence-electron chi connectivity index (χ1n) is 9.02. The number of nitrogens with one attached hydrogen (secondary N) is 1. The van der Waals surface area contributed by atoms with E-state index in [1.807, 2.05) is 26.0 Å². The lowest BCUT2D eigenvalue weighted by molar-refractivity contribution is 0.0925. The van der Waals surface area contributed by atoms with Crippen LogP contribution < -0.4 is 10.2 Å². The van der Waals surface area contributed by atoms with Crippen molar-refractivity contribution in [1.82, 2.24) is 0 Å². The summed E-state index contributed by atoms with van der Waals surface area (Å²) >= 11 is 0. The van der Waals surface area contributed by atoms with Gasteiger partial charge in [-0.3, -0.25) is 14.4 Å². The number of halogens is 1. The van der Waals surface area contributed by atoms with Crippen molar-refractivity contribution in [2.45, 2.75) is 13.8 Å². The standard InChI is InChI=1S/C23H17FN2O3/c1-13-6-7-14(2)20(10-13)26-22(28)18-9-8-15(11-19(18)23(26)29)21(27)25-17-5-3-4-16(24)12-17/h3-12H,1-2H3,(H,25,27). The SMILES string of the molecule is Cc1ccc(C)c(N2C(=O)c3ccc(C(=O)Nc4cccc(F)c4)cc3C2=O)c1. The average Bonchev–Trinajstić information content (AvgIpc) is 2.94. The van der Waals surface area contributed by atoms with Crippen LogP contribution in [0.2, 0.25) is 0 Å². The van der Waals surface area contributed by atoms with Gasteiger partial charge in [0.25, 0.3) is 17.7 Å². The van der Waals surface area contributed by atoms with Crippen LogP contribution >= 0.6 is 0 Å². The van der Waals surface area contributed by atoms with Crippen molar-refractivity contribution in [1.29, 1.82) is 0 Å². The van der Waals surface area contributed by atoms with E-state index in [1.54, 1.807) is 12.1 Å². The van der Waals surface area contributed by atoms with E-state index >= 15 is 0 Å². The molecular formula is C23H17FN2O3. The highest BCUT2D eigenvalue weighted by molar-refractivity contribution is 6.35. The molecule has 1 aliphatic rings. The van der Waals surface area contributed by atoms with Crippen molar-refractivity contribution in [2.75, 3.05) is 10.2 Å². The van der Waals surface area contributed by atoms with Gasteiger partial charge in [0.05, 0.1) is 16.8 Å². The number of hydrogen-bond donors (Lipinski definition) is 1. The minimum absolute atomic E-state index is 0.169. The fourth-order valence-corrected chi connectivity index (χ4v) is 3.33. The Hall–Kier alpha value is -3.80. The highest BCUT2D eigenvalue weighted by Gasteiger charge is 2.37. The molecule has 0 bridgehead atoms. The van der Waals surface area contributed by atoms with Crippen LogP contribution in [0.1, 0.15) is 42.2 Å². The van der Waals surface area contributed by atoms with E-state index in [4.69, 9.17) is 0 Å². The van der Waals surface area contributed by atoms with Gasteiger partial charge in [0.15, 0.2) is 0 Å². The number of carbonyl (C=O) groups is 3. The van der Waals surface area contributed by atoms with Crippen molar-refractivity contribution in [3.8, 4) is 0 Å². The summed E-state index contributed by atoms with van der Waals surface area (Å²) in [5.74, 6) is -1.86. The van der Waals surface area contributed by atoms with Gasteiger partial charge in [-0.15, -0.1) is 0 Å². The molecule has 3 aromatic rings. The minimum atomic E-state index is -0.496. The molecule has 0 saturated heterocycles. The third-order valence-corrected chi connectivity index (χ3v) is 4.84. The molecule has 1 aliphatic heterocycles. The highest BCUT2D eigenvalue weighted by Crippen LogP contribution is 2.32. The lowest BCUT2D eigenvalue weighted by Crippen LogP contribution is -2.30. The molecule has 6 heteroatoms. The van der Waals surface area contributed by atoms with Gasteiger partial charge in [-0.25, -0.2) is 9.29 Å². The van der Waals surface area contributed by atoms with E-state index < -0.39 is 23.5 Å². The van der Waals surface area contributed by atoms with Crippen LogP contribution in [-0.4, -0.2) is 17.7 Å². The average molecular weight is 388 g/mol. The zero-order valence-corrected chi connectivity index (χ0v) is 15.8. The second-order valence-electron chi connectivity index (χ2n) is 6.96. The smallest absolute Gasteiger partial charge is 0.266 e. The summed E-state index contributed by atoms with van der Waals surface area (Å²) in [7, 11) is 0. The van der Waals surface area contributed by atoms with E-state index in [-0.39, 0.29) is 16.7 Å². The number of rotatable bonds is 3. The maximum absolute atomic E-state index is 13.3. The molecule has 5 nitrogen and oxygen atoms in total. The molecule has 0 atom stereocenters. The van der Waals surface area contributed by atoms with Crippen LogP contribution in [0.5, 0.6) is 0 Å². The first-order valence-corrected chi connectivity index (χ1v) is 9.02. The number of anilines is 2. The molecule has 0 aromatic heterocycles. The zero-order chi connectivity index (χ0) is 20.7. The third-order valence-electron chi connectivity index (χ3n) is 4.84. The largest absolute Gasteiger partial charge is 0.322 e. The van der Waals surface area contributed by atoms with Gasteiger partial charge in [-0.05, 0) is 67.4 Å². The van der Waals surface area contributed by atoms with Gasteiger partial charge >= 0.3 is 0 Å². The lowest BCUT2D eigenvalue weighted by atomic mass is 10.1. The first kappa shape index (κ1) is 18.6. The molecule has 144 valence electrons. The second kappa shape index (κ2) is 6.98. The Labute approximate surface area is 166 Å². The van der Waals surface area contributed by atoms with Crippen LogP contribution in [-0.2, 0) is 0 Å². The molecule has 0 aliphatic carbocycles. The van der Waals surface area contributed by atoms with E-state index in [1.165, 1.54) is 36.4 Å². The van der Waals surface area contributed by atoms with E-state index in [9.17, 15) is 18.8 Å². The maximum Gasteiger partial charge on any atom is 0.266 e. The Morgan fingerprint density at radius 3 is 2.41 bits per heavy atom. The van der Waals surface area contributed by atoms with Gasteiger partial charge < -0.3 is 5.32 Å². The molecule has 4 rings (SSSR count). The molecule has 3 amide bonds. The third kappa shape index (κ3) is 3.29. The molecule has 1 heterocycles. The summed E-state index contributed by atoms with van der Waals surface area (Å²) in [6.07, 6.45) is 0. The van der Waals surface area contributed by atoms with Crippen LogP contribution in [0.25, 0.3) is 0 Å². The fraction of sp³-hybridized carbons (Fsp3) is 0.0870. The molecular weight excluding hydrogens is 371 g/mol. The summed E-state index contributed by atoms with van der Waals surface area (Å²) in [5, 5.41) is 2.59. The molecule has 3 aromatic carbocycles. The first-order chi connectivity index (χ1) is 13.8. The maximum atomic E-state index is 13.3. The van der Waals surface area contributed by atoms with Crippen LogP contribution in [0.15, 0.2) is 60.7 Å². The van der Waals surface area contributed by atoms with Crippen molar-refractivity contribution in [3.63, 3.8) is 0 Å². The molecule has 0 spiro atoms. The number of hydrogen-bond acceptors (Lipinski definition) is 3. The quantitative estimate of drug-likeness (QED) is 0.672. The van der Waals surface area contributed by atoms with Crippen LogP contribution in [0.4, 0.5) is 15.8 Å². The summed E-state index contributed by atoms with van der Waals surface area (Å²) < 4.78 is 13.3. The summed E-state index contributed by atoms with van der Waals surface area (Å²) in [6, 6.07) is 15.4. The lowest BCUT2D eigenvalue weighted by Gasteiger charge is -2.17.